The van der Waals surface area contributed by atoms with E-state index in [1.165, 1.54) is 0 Å². The summed E-state index contributed by atoms with van der Waals surface area (Å²) < 4.78 is 10.6. The number of benzene rings is 1. The monoisotopic (exact) mass is 278 g/mol. The zero-order chi connectivity index (χ0) is 14.4. The number of carbonyl (C=O) groups excluding carboxylic acids is 1. The lowest BCUT2D eigenvalue weighted by molar-refractivity contribution is -0.140. The zero-order valence-electron chi connectivity index (χ0n) is 11.2. The lowest BCUT2D eigenvalue weighted by Crippen LogP contribution is -2.24. The molecule has 0 bridgehead atoms. The van der Waals surface area contributed by atoms with Gasteiger partial charge in [-0.3, -0.25) is 9.59 Å². The van der Waals surface area contributed by atoms with Crippen molar-refractivity contribution in [2.45, 2.75) is 25.6 Å². The molecule has 0 spiro atoms. The number of hydrogen-bond donors (Lipinski definition) is 1. The molecule has 1 atom stereocenters. The van der Waals surface area contributed by atoms with Crippen LogP contribution in [0.25, 0.3) is 0 Å². The van der Waals surface area contributed by atoms with Gasteiger partial charge in [-0.2, -0.15) is 0 Å². The van der Waals surface area contributed by atoms with E-state index >= 15 is 0 Å². The Morgan fingerprint density at radius 3 is 2.45 bits per heavy atom. The van der Waals surface area contributed by atoms with Crippen molar-refractivity contribution in [3.8, 4) is 0 Å². The molecule has 0 amide bonds. The average Bonchev–Trinajstić information content (AvgIpc) is 2.97. The number of ketones is 1. The van der Waals surface area contributed by atoms with Crippen molar-refractivity contribution in [2.24, 2.45) is 5.92 Å². The molecule has 1 fully saturated rings. The average molecular weight is 278 g/mol. The maximum absolute atomic E-state index is 12.2. The van der Waals surface area contributed by atoms with Crippen molar-refractivity contribution in [2.75, 3.05) is 13.2 Å². The van der Waals surface area contributed by atoms with Crippen LogP contribution >= 0.6 is 0 Å². The van der Waals surface area contributed by atoms with Crippen LogP contribution in [0.2, 0.25) is 0 Å². The summed E-state index contributed by atoms with van der Waals surface area (Å²) in [6.45, 7) is 1.16. The highest BCUT2D eigenvalue weighted by molar-refractivity contribution is 6.08. The third-order valence-corrected chi connectivity index (χ3v) is 3.30. The van der Waals surface area contributed by atoms with E-state index in [9.17, 15) is 14.7 Å². The SMILES string of the molecule is O=C(O)C(CCCC1OCCO1)C(=O)c1ccccc1. The minimum atomic E-state index is -1.08. The summed E-state index contributed by atoms with van der Waals surface area (Å²) in [6.07, 6.45) is 1.24. The van der Waals surface area contributed by atoms with E-state index in [-0.39, 0.29) is 12.1 Å². The molecule has 0 aromatic heterocycles. The van der Waals surface area contributed by atoms with E-state index in [4.69, 9.17) is 9.47 Å². The molecular weight excluding hydrogens is 260 g/mol. The number of hydrogen-bond acceptors (Lipinski definition) is 4. The van der Waals surface area contributed by atoms with Gasteiger partial charge < -0.3 is 14.6 Å². The second-order valence-electron chi connectivity index (χ2n) is 4.72. The van der Waals surface area contributed by atoms with Gasteiger partial charge in [0.2, 0.25) is 0 Å². The van der Waals surface area contributed by atoms with Crippen molar-refractivity contribution in [1.82, 2.24) is 0 Å². The van der Waals surface area contributed by atoms with Gasteiger partial charge in [0, 0.05) is 5.56 Å². The van der Waals surface area contributed by atoms with E-state index in [0.717, 1.165) is 0 Å². The normalized spacial score (nSPS) is 17.0. The highest BCUT2D eigenvalue weighted by Gasteiger charge is 2.27. The lowest BCUT2D eigenvalue weighted by atomic mass is 9.92. The number of ether oxygens (including phenoxy) is 2. The first-order valence-corrected chi connectivity index (χ1v) is 6.74. The van der Waals surface area contributed by atoms with Gasteiger partial charge in [0.25, 0.3) is 0 Å². The Hall–Kier alpha value is -1.72. The number of rotatable bonds is 7. The minimum Gasteiger partial charge on any atom is -0.481 e. The highest BCUT2D eigenvalue weighted by Crippen LogP contribution is 2.19. The smallest absolute Gasteiger partial charge is 0.314 e. The first kappa shape index (κ1) is 14.7. The van der Waals surface area contributed by atoms with Crippen LogP contribution in [0, 0.1) is 5.92 Å². The molecule has 1 N–H and O–H groups in total. The Balaban J connectivity index is 1.89. The van der Waals surface area contributed by atoms with Gasteiger partial charge in [-0.05, 0) is 19.3 Å². The summed E-state index contributed by atoms with van der Waals surface area (Å²) in [6, 6.07) is 8.53. The quantitative estimate of drug-likeness (QED) is 0.611. The van der Waals surface area contributed by atoms with Gasteiger partial charge in [0.15, 0.2) is 12.1 Å². The summed E-state index contributed by atoms with van der Waals surface area (Å²) >= 11 is 0. The summed E-state index contributed by atoms with van der Waals surface area (Å²) in [4.78, 5) is 23.4. The molecule has 5 nitrogen and oxygen atoms in total. The fourth-order valence-corrected chi connectivity index (χ4v) is 2.23. The van der Waals surface area contributed by atoms with E-state index in [1.54, 1.807) is 30.3 Å². The molecule has 1 aromatic carbocycles. The van der Waals surface area contributed by atoms with Gasteiger partial charge in [0.05, 0.1) is 13.2 Å². The molecule has 5 heteroatoms. The topological polar surface area (TPSA) is 72.8 Å². The van der Waals surface area contributed by atoms with Crippen LogP contribution in [-0.2, 0) is 14.3 Å². The standard InChI is InChI=1S/C15H18O5/c16-14(11-5-2-1-3-6-11)12(15(17)18)7-4-8-13-19-9-10-20-13/h1-3,5-6,12-13H,4,7-10H2,(H,17,18). The molecular formula is C15H18O5. The predicted molar refractivity (Wildman–Crippen MR) is 71.4 cm³/mol. The minimum absolute atomic E-state index is 0.253. The summed E-state index contributed by atoms with van der Waals surface area (Å²) in [7, 11) is 0. The van der Waals surface area contributed by atoms with Crippen LogP contribution in [0.15, 0.2) is 30.3 Å². The number of Topliss-reactive ketones (excluding diaryl/α,β-unsaturated/α-hetero) is 1. The van der Waals surface area contributed by atoms with E-state index in [1.807, 2.05) is 0 Å². The van der Waals surface area contributed by atoms with E-state index in [0.29, 0.717) is 38.0 Å². The Morgan fingerprint density at radius 2 is 1.85 bits per heavy atom. The summed E-state index contributed by atoms with van der Waals surface area (Å²) in [5.41, 5.74) is 0.438. The van der Waals surface area contributed by atoms with Crippen LogP contribution in [-0.4, -0.2) is 36.4 Å². The molecule has 1 heterocycles. The lowest BCUT2D eigenvalue weighted by Gasteiger charge is -2.13. The summed E-state index contributed by atoms with van der Waals surface area (Å²) in [5.74, 6) is -2.42. The second kappa shape index (κ2) is 7.17. The fourth-order valence-electron chi connectivity index (χ4n) is 2.23. The maximum Gasteiger partial charge on any atom is 0.314 e. The molecule has 1 saturated heterocycles. The van der Waals surface area contributed by atoms with Gasteiger partial charge in [-0.1, -0.05) is 30.3 Å². The van der Waals surface area contributed by atoms with Crippen LogP contribution in [0.4, 0.5) is 0 Å². The van der Waals surface area contributed by atoms with Gasteiger partial charge >= 0.3 is 5.97 Å². The van der Waals surface area contributed by atoms with Crippen molar-refractivity contribution in [1.29, 1.82) is 0 Å². The van der Waals surface area contributed by atoms with Crippen molar-refractivity contribution < 1.29 is 24.2 Å². The summed E-state index contributed by atoms with van der Waals surface area (Å²) in [5, 5.41) is 9.21. The number of aliphatic carboxylic acids is 1. The van der Waals surface area contributed by atoms with E-state index < -0.39 is 11.9 Å². The number of carboxylic acids is 1. The van der Waals surface area contributed by atoms with Crippen LogP contribution in [0.3, 0.4) is 0 Å². The molecule has 1 aliphatic rings. The molecule has 1 unspecified atom stereocenters. The van der Waals surface area contributed by atoms with Crippen molar-refractivity contribution in [3.05, 3.63) is 35.9 Å². The Morgan fingerprint density at radius 1 is 1.20 bits per heavy atom. The fraction of sp³-hybridized carbons (Fsp3) is 0.467. The van der Waals surface area contributed by atoms with Crippen molar-refractivity contribution in [3.63, 3.8) is 0 Å². The molecule has 108 valence electrons. The molecule has 2 rings (SSSR count). The number of carbonyl (C=O) groups is 2. The molecule has 1 aromatic rings. The van der Waals surface area contributed by atoms with Gasteiger partial charge in [-0.25, -0.2) is 0 Å². The van der Waals surface area contributed by atoms with Crippen molar-refractivity contribution >= 4 is 11.8 Å². The van der Waals surface area contributed by atoms with E-state index in [2.05, 4.69) is 0 Å². The highest BCUT2D eigenvalue weighted by atomic mass is 16.7. The third kappa shape index (κ3) is 3.88. The molecule has 0 saturated carbocycles. The Bertz CT molecular complexity index is 451. The largest absolute Gasteiger partial charge is 0.481 e. The van der Waals surface area contributed by atoms with Gasteiger partial charge in [-0.15, -0.1) is 0 Å². The first-order valence-electron chi connectivity index (χ1n) is 6.74. The Kier molecular flexibility index (Phi) is 5.26. The van der Waals surface area contributed by atoms with Crippen LogP contribution in [0.1, 0.15) is 29.6 Å². The first-order chi connectivity index (χ1) is 9.68. The molecule has 0 aliphatic carbocycles. The van der Waals surface area contributed by atoms with Gasteiger partial charge in [0.1, 0.15) is 5.92 Å². The van der Waals surface area contributed by atoms with Crippen LogP contribution < -0.4 is 0 Å². The third-order valence-electron chi connectivity index (χ3n) is 3.30. The molecule has 0 radical (unpaired) electrons. The zero-order valence-corrected chi connectivity index (χ0v) is 11.2. The molecule has 1 aliphatic heterocycles. The predicted octanol–water partition coefficient (Wildman–Crippen LogP) is 2.11. The number of carboxylic acid groups (broad SMARTS) is 1. The van der Waals surface area contributed by atoms with Crippen LogP contribution in [0.5, 0.6) is 0 Å². The Labute approximate surface area is 117 Å². The maximum atomic E-state index is 12.2. The molecule has 20 heavy (non-hydrogen) atoms. The second-order valence-corrected chi connectivity index (χ2v) is 4.72.